The standard InChI is InChI=1S/C13H12ClF4N3/c1-19-11(12-9(14)6-20-21(12)2)8-5-7(13(16,17)18)3-4-10(8)15/h3-6,11,19H,1-2H3. The third-order valence-electron chi connectivity index (χ3n) is 3.13. The van der Waals surface area contributed by atoms with Crippen molar-refractivity contribution < 1.29 is 17.6 Å². The Morgan fingerprint density at radius 3 is 2.48 bits per heavy atom. The molecule has 1 unspecified atom stereocenters. The predicted octanol–water partition coefficient (Wildman–Crippen LogP) is 3.54. The number of benzene rings is 1. The van der Waals surface area contributed by atoms with Crippen LogP contribution in [0.5, 0.6) is 0 Å². The fourth-order valence-electron chi connectivity index (χ4n) is 2.13. The van der Waals surface area contributed by atoms with Crippen LogP contribution in [0.4, 0.5) is 17.6 Å². The molecule has 0 aliphatic carbocycles. The van der Waals surface area contributed by atoms with Gasteiger partial charge in [0, 0.05) is 12.6 Å². The molecule has 0 aliphatic heterocycles. The Morgan fingerprint density at radius 2 is 2.00 bits per heavy atom. The zero-order chi connectivity index (χ0) is 15.8. The molecule has 0 saturated heterocycles. The summed E-state index contributed by atoms with van der Waals surface area (Å²) in [5, 5.41) is 6.92. The maximum Gasteiger partial charge on any atom is 0.416 e. The first kappa shape index (κ1) is 15.8. The van der Waals surface area contributed by atoms with Gasteiger partial charge in [-0.15, -0.1) is 0 Å². The Morgan fingerprint density at radius 1 is 1.33 bits per heavy atom. The molecule has 0 spiro atoms. The van der Waals surface area contributed by atoms with E-state index >= 15 is 0 Å². The molecule has 3 nitrogen and oxygen atoms in total. The lowest BCUT2D eigenvalue weighted by Gasteiger charge is -2.20. The van der Waals surface area contributed by atoms with Gasteiger partial charge in [-0.1, -0.05) is 11.6 Å². The van der Waals surface area contributed by atoms with E-state index in [4.69, 9.17) is 11.6 Å². The van der Waals surface area contributed by atoms with Crippen molar-refractivity contribution in [3.05, 3.63) is 52.1 Å². The number of hydrogen-bond donors (Lipinski definition) is 1. The molecule has 8 heteroatoms. The van der Waals surface area contributed by atoms with Gasteiger partial charge in [-0.25, -0.2) is 4.39 Å². The molecule has 21 heavy (non-hydrogen) atoms. The number of aromatic nitrogens is 2. The Kier molecular flexibility index (Phi) is 4.25. The quantitative estimate of drug-likeness (QED) is 0.876. The van der Waals surface area contributed by atoms with Crippen LogP contribution >= 0.6 is 11.6 Å². The van der Waals surface area contributed by atoms with E-state index in [0.717, 1.165) is 12.1 Å². The van der Waals surface area contributed by atoms with Crippen molar-refractivity contribution in [3.8, 4) is 0 Å². The second kappa shape index (κ2) is 5.65. The largest absolute Gasteiger partial charge is 0.416 e. The molecule has 2 rings (SSSR count). The van der Waals surface area contributed by atoms with Crippen molar-refractivity contribution in [1.29, 1.82) is 0 Å². The van der Waals surface area contributed by atoms with E-state index in [1.54, 1.807) is 7.05 Å². The second-order valence-corrected chi connectivity index (χ2v) is 4.86. The van der Waals surface area contributed by atoms with Crippen molar-refractivity contribution in [1.82, 2.24) is 15.1 Å². The van der Waals surface area contributed by atoms with E-state index in [-0.39, 0.29) is 10.6 Å². The average Bonchev–Trinajstić information content (AvgIpc) is 2.72. The zero-order valence-electron chi connectivity index (χ0n) is 11.2. The first-order valence-electron chi connectivity index (χ1n) is 5.97. The van der Waals surface area contributed by atoms with E-state index in [0.29, 0.717) is 11.8 Å². The molecule has 1 heterocycles. The monoisotopic (exact) mass is 321 g/mol. The van der Waals surface area contributed by atoms with Crippen LogP contribution in [0.25, 0.3) is 0 Å². The highest BCUT2D eigenvalue weighted by Gasteiger charge is 2.32. The van der Waals surface area contributed by atoms with Crippen LogP contribution < -0.4 is 5.32 Å². The molecule has 0 bridgehead atoms. The van der Waals surface area contributed by atoms with Crippen molar-refractivity contribution in [3.63, 3.8) is 0 Å². The van der Waals surface area contributed by atoms with Gasteiger partial charge in [0.1, 0.15) is 5.82 Å². The van der Waals surface area contributed by atoms with Gasteiger partial charge in [0.15, 0.2) is 0 Å². The maximum atomic E-state index is 14.0. The van der Waals surface area contributed by atoms with Crippen molar-refractivity contribution in [2.45, 2.75) is 12.2 Å². The number of hydrogen-bond acceptors (Lipinski definition) is 2. The molecule has 0 aliphatic rings. The third kappa shape index (κ3) is 3.03. The second-order valence-electron chi connectivity index (χ2n) is 4.46. The van der Waals surface area contributed by atoms with Gasteiger partial charge in [0.2, 0.25) is 0 Å². The van der Waals surface area contributed by atoms with Gasteiger partial charge in [-0.3, -0.25) is 4.68 Å². The SMILES string of the molecule is CNC(c1cc(C(F)(F)F)ccc1F)c1c(Cl)cnn1C. The van der Waals surface area contributed by atoms with Crippen LogP contribution in [0.3, 0.4) is 0 Å². The molecule has 1 atom stereocenters. The number of aryl methyl sites for hydroxylation is 1. The molecule has 0 amide bonds. The van der Waals surface area contributed by atoms with Crippen molar-refractivity contribution in [2.75, 3.05) is 7.05 Å². The lowest BCUT2D eigenvalue weighted by atomic mass is 10.00. The summed E-state index contributed by atoms with van der Waals surface area (Å²) in [7, 11) is 3.09. The maximum absolute atomic E-state index is 14.0. The Hall–Kier alpha value is -1.60. The number of alkyl halides is 3. The lowest BCUT2D eigenvalue weighted by Crippen LogP contribution is -2.23. The fraction of sp³-hybridized carbons (Fsp3) is 0.308. The summed E-state index contributed by atoms with van der Waals surface area (Å²) in [6.45, 7) is 0. The summed E-state index contributed by atoms with van der Waals surface area (Å²) >= 11 is 5.98. The van der Waals surface area contributed by atoms with Crippen LogP contribution in [-0.4, -0.2) is 16.8 Å². The first-order valence-corrected chi connectivity index (χ1v) is 6.34. The molecule has 0 fully saturated rings. The minimum atomic E-state index is -4.54. The number of halogens is 5. The van der Waals surface area contributed by atoms with Crippen LogP contribution in [0.15, 0.2) is 24.4 Å². The average molecular weight is 322 g/mol. The summed E-state index contributed by atoms with van der Waals surface area (Å²) in [6.07, 6.45) is -3.19. The van der Waals surface area contributed by atoms with Crippen molar-refractivity contribution >= 4 is 11.6 Å². The topological polar surface area (TPSA) is 29.9 Å². The number of rotatable bonds is 3. The number of nitrogens with zero attached hydrogens (tertiary/aromatic N) is 2. The van der Waals surface area contributed by atoms with E-state index in [9.17, 15) is 17.6 Å². The molecule has 2 aromatic rings. The van der Waals surface area contributed by atoms with Crippen LogP contribution in [-0.2, 0) is 13.2 Å². The van der Waals surface area contributed by atoms with Gasteiger partial charge < -0.3 is 5.32 Å². The molecule has 114 valence electrons. The third-order valence-corrected chi connectivity index (χ3v) is 3.43. The molecule has 1 aromatic carbocycles. The zero-order valence-corrected chi connectivity index (χ0v) is 11.9. The highest BCUT2D eigenvalue weighted by atomic mass is 35.5. The number of nitrogens with one attached hydrogen (secondary N) is 1. The summed E-state index contributed by atoms with van der Waals surface area (Å²) in [5.41, 5.74) is -0.673. The fourth-order valence-corrected chi connectivity index (χ4v) is 2.40. The predicted molar refractivity (Wildman–Crippen MR) is 70.5 cm³/mol. The molecular formula is C13H12ClF4N3. The van der Waals surface area contributed by atoms with Gasteiger partial charge in [-0.05, 0) is 25.2 Å². The molecule has 1 N–H and O–H groups in total. The van der Waals surface area contributed by atoms with Gasteiger partial charge in [-0.2, -0.15) is 18.3 Å². The summed E-state index contributed by atoms with van der Waals surface area (Å²) in [6, 6.07) is 1.44. The minimum absolute atomic E-state index is 0.141. The Balaban J connectivity index is 2.58. The molecular weight excluding hydrogens is 310 g/mol. The Labute approximate surface area is 123 Å². The lowest BCUT2D eigenvalue weighted by molar-refractivity contribution is -0.137. The minimum Gasteiger partial charge on any atom is -0.308 e. The van der Waals surface area contributed by atoms with E-state index in [1.807, 2.05) is 0 Å². The van der Waals surface area contributed by atoms with Gasteiger partial charge in [0.05, 0.1) is 28.5 Å². The van der Waals surface area contributed by atoms with E-state index in [2.05, 4.69) is 10.4 Å². The first-order chi connectivity index (χ1) is 9.75. The van der Waals surface area contributed by atoms with E-state index < -0.39 is 23.6 Å². The Bertz CT molecular complexity index is 632. The smallest absolute Gasteiger partial charge is 0.308 e. The summed E-state index contributed by atoms with van der Waals surface area (Å²) in [4.78, 5) is 0. The molecule has 1 aromatic heterocycles. The highest BCUT2D eigenvalue weighted by Crippen LogP contribution is 2.34. The van der Waals surface area contributed by atoms with Crippen LogP contribution in [0, 0.1) is 5.82 Å². The van der Waals surface area contributed by atoms with E-state index in [1.165, 1.54) is 17.9 Å². The molecule has 0 saturated carbocycles. The summed E-state index contributed by atoms with van der Waals surface area (Å²) < 4.78 is 53.7. The van der Waals surface area contributed by atoms with Crippen LogP contribution in [0.2, 0.25) is 5.02 Å². The van der Waals surface area contributed by atoms with Gasteiger partial charge >= 0.3 is 6.18 Å². The van der Waals surface area contributed by atoms with Crippen molar-refractivity contribution in [2.24, 2.45) is 7.05 Å². The highest BCUT2D eigenvalue weighted by molar-refractivity contribution is 6.31. The summed E-state index contributed by atoms with van der Waals surface area (Å²) in [5.74, 6) is -0.750. The van der Waals surface area contributed by atoms with Gasteiger partial charge in [0.25, 0.3) is 0 Å². The normalized spacial score (nSPS) is 13.5. The molecule has 0 radical (unpaired) electrons. The van der Waals surface area contributed by atoms with Crippen LogP contribution in [0.1, 0.15) is 22.9 Å².